The van der Waals surface area contributed by atoms with Crippen LogP contribution in [-0.4, -0.2) is 9.97 Å². The van der Waals surface area contributed by atoms with Crippen LogP contribution in [0.4, 0.5) is 26.0 Å². The van der Waals surface area contributed by atoms with E-state index in [1.54, 1.807) is 6.07 Å². The van der Waals surface area contributed by atoms with Gasteiger partial charge in [-0.3, -0.25) is 0 Å². The third-order valence-corrected chi connectivity index (χ3v) is 3.72. The molecule has 0 aliphatic heterocycles. The largest absolute Gasteiger partial charge is 0.437 e. The zero-order valence-electron chi connectivity index (χ0n) is 13.7. The van der Waals surface area contributed by atoms with Crippen LogP contribution >= 0.6 is 0 Å². The minimum absolute atomic E-state index is 0.0810. The number of anilines is 3. The van der Waals surface area contributed by atoms with Crippen LogP contribution in [0.15, 0.2) is 42.7 Å². The van der Waals surface area contributed by atoms with E-state index >= 15 is 0 Å². The summed E-state index contributed by atoms with van der Waals surface area (Å²) in [5, 5.41) is 2.66. The molecule has 0 bridgehead atoms. The third kappa shape index (κ3) is 3.65. The average Bonchev–Trinajstić information content (AvgIpc) is 2.58. The summed E-state index contributed by atoms with van der Waals surface area (Å²) in [7, 11) is 0. The number of ether oxygens (including phenoxy) is 1. The van der Waals surface area contributed by atoms with Crippen LogP contribution in [0.3, 0.4) is 0 Å². The van der Waals surface area contributed by atoms with E-state index in [9.17, 15) is 8.78 Å². The highest BCUT2D eigenvalue weighted by Gasteiger charge is 2.13. The van der Waals surface area contributed by atoms with Crippen LogP contribution in [0.5, 0.6) is 11.6 Å². The molecule has 2 aromatic carbocycles. The fourth-order valence-electron chi connectivity index (χ4n) is 2.17. The molecule has 1 heterocycles. The third-order valence-electron chi connectivity index (χ3n) is 3.72. The maximum Gasteiger partial charge on any atom is 0.248 e. The molecule has 128 valence electrons. The monoisotopic (exact) mass is 342 g/mol. The van der Waals surface area contributed by atoms with Gasteiger partial charge < -0.3 is 15.8 Å². The summed E-state index contributed by atoms with van der Waals surface area (Å²) in [6.07, 6.45) is 1.23. The Labute approximate surface area is 143 Å². The SMILES string of the molecule is Cc1ccc(Oc2ncnc(Nc3cc(F)ccc3F)c2N)cc1C. The normalized spacial score (nSPS) is 10.6. The molecule has 0 fully saturated rings. The summed E-state index contributed by atoms with van der Waals surface area (Å²) in [4.78, 5) is 7.96. The van der Waals surface area contributed by atoms with Gasteiger partial charge in [0.1, 0.15) is 29.4 Å². The van der Waals surface area contributed by atoms with Gasteiger partial charge in [-0.05, 0) is 49.2 Å². The molecule has 0 aliphatic carbocycles. The van der Waals surface area contributed by atoms with Crippen LogP contribution in [0.2, 0.25) is 0 Å². The Morgan fingerprint density at radius 2 is 1.80 bits per heavy atom. The maximum absolute atomic E-state index is 13.8. The lowest BCUT2D eigenvalue weighted by molar-refractivity contribution is 0.464. The minimum atomic E-state index is -0.629. The Hall–Kier alpha value is -3.22. The quantitative estimate of drug-likeness (QED) is 0.731. The molecule has 5 nitrogen and oxygen atoms in total. The van der Waals surface area contributed by atoms with E-state index in [-0.39, 0.29) is 23.1 Å². The Morgan fingerprint density at radius 3 is 2.56 bits per heavy atom. The van der Waals surface area contributed by atoms with Gasteiger partial charge in [-0.1, -0.05) is 6.07 Å². The van der Waals surface area contributed by atoms with Gasteiger partial charge in [0.05, 0.1) is 5.69 Å². The van der Waals surface area contributed by atoms with E-state index in [0.717, 1.165) is 29.3 Å². The van der Waals surface area contributed by atoms with Crippen molar-refractivity contribution in [3.05, 3.63) is 65.5 Å². The van der Waals surface area contributed by atoms with E-state index in [4.69, 9.17) is 10.5 Å². The molecule has 3 rings (SSSR count). The highest BCUT2D eigenvalue weighted by molar-refractivity contribution is 5.72. The number of nitrogens with two attached hydrogens (primary N) is 1. The first-order valence-corrected chi connectivity index (χ1v) is 7.51. The Balaban J connectivity index is 1.89. The lowest BCUT2D eigenvalue weighted by Crippen LogP contribution is -2.04. The maximum atomic E-state index is 13.8. The molecule has 25 heavy (non-hydrogen) atoms. The van der Waals surface area contributed by atoms with Crippen LogP contribution in [-0.2, 0) is 0 Å². The van der Waals surface area contributed by atoms with Crippen molar-refractivity contribution >= 4 is 17.2 Å². The standard InChI is InChI=1S/C18H16F2N4O/c1-10-3-5-13(7-11(10)2)25-18-16(21)17(22-9-23-18)24-15-8-12(19)4-6-14(15)20/h3-9H,21H2,1-2H3,(H,22,23,24). The van der Waals surface area contributed by atoms with Crippen molar-refractivity contribution in [2.45, 2.75) is 13.8 Å². The summed E-state index contributed by atoms with van der Waals surface area (Å²) in [6.45, 7) is 3.96. The molecule has 3 N–H and O–H groups in total. The molecule has 0 radical (unpaired) electrons. The van der Waals surface area contributed by atoms with E-state index < -0.39 is 11.6 Å². The first-order valence-electron chi connectivity index (χ1n) is 7.51. The predicted molar refractivity (Wildman–Crippen MR) is 92.1 cm³/mol. The van der Waals surface area contributed by atoms with Crippen molar-refractivity contribution in [1.29, 1.82) is 0 Å². The highest BCUT2D eigenvalue weighted by atomic mass is 19.1. The molecule has 7 heteroatoms. The van der Waals surface area contributed by atoms with E-state index in [1.165, 1.54) is 6.33 Å². The molecule has 3 aromatic rings. The predicted octanol–water partition coefficient (Wildman–Crippen LogP) is 4.49. The summed E-state index contributed by atoms with van der Waals surface area (Å²) in [5.41, 5.74) is 8.20. The van der Waals surface area contributed by atoms with E-state index in [2.05, 4.69) is 15.3 Å². The average molecular weight is 342 g/mol. The molecule has 0 saturated carbocycles. The molecule has 0 unspecified atom stereocenters. The summed E-state index contributed by atoms with van der Waals surface area (Å²) < 4.78 is 32.8. The van der Waals surface area contributed by atoms with Crippen molar-refractivity contribution in [1.82, 2.24) is 9.97 Å². The number of halogens is 2. The van der Waals surface area contributed by atoms with Gasteiger partial charge in [-0.15, -0.1) is 0 Å². The highest BCUT2D eigenvalue weighted by Crippen LogP contribution is 2.32. The van der Waals surface area contributed by atoms with Crippen molar-refractivity contribution in [3.8, 4) is 11.6 Å². The number of nitrogen functional groups attached to an aromatic ring is 1. The molecule has 0 saturated heterocycles. The summed E-state index contributed by atoms with van der Waals surface area (Å²) in [5.74, 6) is -0.397. The molecule has 1 aromatic heterocycles. The zero-order chi connectivity index (χ0) is 18.0. The lowest BCUT2D eigenvalue weighted by Gasteiger charge is -2.13. The number of aryl methyl sites for hydroxylation is 2. The number of hydrogen-bond donors (Lipinski definition) is 2. The number of aromatic nitrogens is 2. The van der Waals surface area contributed by atoms with Gasteiger partial charge in [-0.2, -0.15) is 4.98 Å². The van der Waals surface area contributed by atoms with Crippen molar-refractivity contribution in [2.75, 3.05) is 11.1 Å². The fourth-order valence-corrected chi connectivity index (χ4v) is 2.17. The van der Waals surface area contributed by atoms with Crippen molar-refractivity contribution in [3.63, 3.8) is 0 Å². The minimum Gasteiger partial charge on any atom is -0.437 e. The second-order valence-electron chi connectivity index (χ2n) is 5.54. The Kier molecular flexibility index (Phi) is 4.47. The second-order valence-corrected chi connectivity index (χ2v) is 5.54. The van der Waals surface area contributed by atoms with Crippen molar-refractivity contribution in [2.24, 2.45) is 0 Å². The first-order chi connectivity index (χ1) is 11.9. The number of rotatable bonds is 4. The molecular formula is C18H16F2N4O. The molecule has 0 atom stereocenters. The van der Waals surface area contributed by atoms with Crippen molar-refractivity contribution < 1.29 is 13.5 Å². The topological polar surface area (TPSA) is 73.1 Å². The summed E-state index contributed by atoms with van der Waals surface area (Å²) >= 11 is 0. The smallest absolute Gasteiger partial charge is 0.248 e. The Morgan fingerprint density at radius 1 is 1.00 bits per heavy atom. The van der Waals surface area contributed by atoms with Gasteiger partial charge in [0, 0.05) is 6.07 Å². The van der Waals surface area contributed by atoms with Crippen LogP contribution in [0, 0.1) is 25.5 Å². The molecule has 0 spiro atoms. The van der Waals surface area contributed by atoms with Crippen LogP contribution in [0.1, 0.15) is 11.1 Å². The second kappa shape index (κ2) is 6.72. The summed E-state index contributed by atoms with van der Waals surface area (Å²) in [6, 6.07) is 8.63. The van der Waals surface area contributed by atoms with Gasteiger partial charge in [0.2, 0.25) is 5.88 Å². The van der Waals surface area contributed by atoms with Crippen LogP contribution in [0.25, 0.3) is 0 Å². The number of hydrogen-bond acceptors (Lipinski definition) is 5. The number of benzene rings is 2. The molecule has 0 amide bonds. The lowest BCUT2D eigenvalue weighted by atomic mass is 10.1. The Bertz CT molecular complexity index is 931. The van der Waals surface area contributed by atoms with Gasteiger partial charge in [0.25, 0.3) is 0 Å². The van der Waals surface area contributed by atoms with Gasteiger partial charge in [-0.25, -0.2) is 13.8 Å². The van der Waals surface area contributed by atoms with Gasteiger partial charge >= 0.3 is 0 Å². The fraction of sp³-hybridized carbons (Fsp3) is 0.111. The van der Waals surface area contributed by atoms with Crippen LogP contribution < -0.4 is 15.8 Å². The molecule has 0 aliphatic rings. The first kappa shape index (κ1) is 16.6. The zero-order valence-corrected chi connectivity index (χ0v) is 13.7. The van der Waals surface area contributed by atoms with E-state index in [1.807, 2.05) is 26.0 Å². The number of nitrogens with zero attached hydrogens (tertiary/aromatic N) is 2. The van der Waals surface area contributed by atoms with Gasteiger partial charge in [0.15, 0.2) is 5.82 Å². The molecular weight excluding hydrogens is 326 g/mol. The number of nitrogens with one attached hydrogen (secondary N) is 1. The van der Waals surface area contributed by atoms with E-state index in [0.29, 0.717) is 5.75 Å².